The van der Waals surface area contributed by atoms with Gasteiger partial charge in [-0.3, -0.25) is 9.59 Å². The summed E-state index contributed by atoms with van der Waals surface area (Å²) in [5, 5.41) is 23.5. The average Bonchev–Trinajstić information content (AvgIpc) is 3.54. The molecule has 0 saturated heterocycles. The van der Waals surface area contributed by atoms with E-state index in [-0.39, 0.29) is 18.5 Å². The third kappa shape index (κ3) is 73.0. The Balaban J connectivity index is 3.38. The topological polar surface area (TPSA) is 95.9 Å². The first-order chi connectivity index (χ1) is 43.0. The molecule has 0 aliphatic rings. The second-order valence-electron chi connectivity index (χ2n) is 27.4. The molecule has 0 aromatic rings. The van der Waals surface area contributed by atoms with Gasteiger partial charge in [0.05, 0.1) is 25.4 Å². The number of nitrogens with one attached hydrogen (secondary N) is 1. The van der Waals surface area contributed by atoms with Crippen molar-refractivity contribution in [1.82, 2.24) is 5.32 Å². The Morgan fingerprint density at radius 1 is 0.322 bits per heavy atom. The maximum absolute atomic E-state index is 12.6. The molecule has 0 aliphatic heterocycles. The molecule has 3 N–H and O–H groups in total. The van der Waals surface area contributed by atoms with E-state index in [0.717, 1.165) is 51.4 Å². The van der Waals surface area contributed by atoms with Gasteiger partial charge in [-0.15, -0.1) is 0 Å². The molecular formula is C81H155NO5. The molecule has 0 aromatic carbocycles. The van der Waals surface area contributed by atoms with Gasteiger partial charge in [-0.2, -0.15) is 0 Å². The van der Waals surface area contributed by atoms with Crippen molar-refractivity contribution in [2.75, 3.05) is 13.2 Å². The van der Waals surface area contributed by atoms with E-state index in [2.05, 4.69) is 55.6 Å². The zero-order valence-corrected chi connectivity index (χ0v) is 59.0. The zero-order valence-electron chi connectivity index (χ0n) is 59.0. The van der Waals surface area contributed by atoms with Crippen LogP contribution < -0.4 is 5.32 Å². The smallest absolute Gasteiger partial charge is 0.305 e. The van der Waals surface area contributed by atoms with Crippen LogP contribution in [0, 0.1) is 0 Å². The normalized spacial score (nSPS) is 12.6. The van der Waals surface area contributed by atoms with Crippen molar-refractivity contribution >= 4 is 11.9 Å². The van der Waals surface area contributed by atoms with Crippen LogP contribution in [-0.4, -0.2) is 47.4 Å². The minimum atomic E-state index is -0.664. The van der Waals surface area contributed by atoms with Crippen molar-refractivity contribution in [3.05, 3.63) is 36.5 Å². The third-order valence-corrected chi connectivity index (χ3v) is 18.7. The van der Waals surface area contributed by atoms with E-state index in [1.807, 2.05) is 0 Å². The molecule has 1 amide bonds. The molecule has 0 rings (SSSR count). The number of esters is 1. The summed E-state index contributed by atoms with van der Waals surface area (Å²) in [4.78, 5) is 24.6. The number of carbonyl (C=O) groups is 2. The van der Waals surface area contributed by atoms with Crippen LogP contribution in [0.15, 0.2) is 36.5 Å². The first-order valence-electron chi connectivity index (χ1n) is 39.7. The van der Waals surface area contributed by atoms with E-state index >= 15 is 0 Å². The lowest BCUT2D eigenvalue weighted by Gasteiger charge is -2.22. The van der Waals surface area contributed by atoms with Gasteiger partial charge in [0.1, 0.15) is 0 Å². The van der Waals surface area contributed by atoms with Crippen LogP contribution in [0.2, 0.25) is 0 Å². The molecule has 87 heavy (non-hydrogen) atoms. The number of rotatable bonds is 75. The summed E-state index contributed by atoms with van der Waals surface area (Å²) < 4.78 is 5.47. The van der Waals surface area contributed by atoms with Crippen LogP contribution in [0.3, 0.4) is 0 Å². The Morgan fingerprint density at radius 3 is 0.920 bits per heavy atom. The van der Waals surface area contributed by atoms with Crippen LogP contribution in [0.4, 0.5) is 0 Å². The highest BCUT2D eigenvalue weighted by atomic mass is 16.5. The van der Waals surface area contributed by atoms with Crippen molar-refractivity contribution in [3.63, 3.8) is 0 Å². The number of amides is 1. The minimum Gasteiger partial charge on any atom is -0.466 e. The molecule has 2 unspecified atom stereocenters. The van der Waals surface area contributed by atoms with Gasteiger partial charge in [0, 0.05) is 12.8 Å². The predicted molar refractivity (Wildman–Crippen MR) is 384 cm³/mol. The van der Waals surface area contributed by atoms with Crippen molar-refractivity contribution in [2.24, 2.45) is 0 Å². The fourth-order valence-electron chi connectivity index (χ4n) is 12.6. The van der Waals surface area contributed by atoms with Crippen molar-refractivity contribution in [3.8, 4) is 0 Å². The van der Waals surface area contributed by atoms with E-state index < -0.39 is 12.1 Å². The van der Waals surface area contributed by atoms with Gasteiger partial charge >= 0.3 is 5.97 Å². The maximum Gasteiger partial charge on any atom is 0.305 e. The highest BCUT2D eigenvalue weighted by Crippen LogP contribution is 2.20. The summed E-state index contributed by atoms with van der Waals surface area (Å²) in [6.45, 7) is 4.96. The Labute approximate surface area is 544 Å². The molecule has 0 fully saturated rings. The van der Waals surface area contributed by atoms with Crippen LogP contribution >= 0.6 is 0 Å². The first kappa shape index (κ1) is 85.1. The number of allylic oxidation sites excluding steroid dienone is 6. The van der Waals surface area contributed by atoms with Gasteiger partial charge < -0.3 is 20.3 Å². The van der Waals surface area contributed by atoms with E-state index in [9.17, 15) is 19.8 Å². The molecule has 0 bridgehead atoms. The van der Waals surface area contributed by atoms with Gasteiger partial charge in [-0.25, -0.2) is 0 Å². The molecule has 0 spiro atoms. The Hall–Kier alpha value is -1.92. The Morgan fingerprint density at radius 2 is 0.586 bits per heavy atom. The molecule has 0 heterocycles. The molecule has 2 atom stereocenters. The van der Waals surface area contributed by atoms with E-state index in [1.165, 1.54) is 360 Å². The van der Waals surface area contributed by atoms with E-state index in [4.69, 9.17) is 4.74 Å². The second kappa shape index (κ2) is 76.5. The number of unbranched alkanes of at least 4 members (excludes halogenated alkanes) is 58. The highest BCUT2D eigenvalue weighted by Gasteiger charge is 2.20. The molecule has 0 aliphatic carbocycles. The SMILES string of the molecule is CCCC/C=C\CCCCCCCC(=O)OCCCCCCCCCCCCC/C=C\C/C=C\CCCCCCCCCCCCCCCCCCCC(=O)NC(CO)C(O)CCCCCCCCCCCCCCCCCCCCCCCCCC. The Kier molecular flexibility index (Phi) is 74.8. The average molecular weight is 1220 g/mol. The molecular weight excluding hydrogens is 1070 g/mol. The molecule has 514 valence electrons. The lowest BCUT2D eigenvalue weighted by atomic mass is 10.0. The zero-order chi connectivity index (χ0) is 62.8. The molecule has 6 nitrogen and oxygen atoms in total. The van der Waals surface area contributed by atoms with Crippen LogP contribution in [0.5, 0.6) is 0 Å². The number of ether oxygens (including phenoxy) is 1. The van der Waals surface area contributed by atoms with Gasteiger partial charge in [0.2, 0.25) is 5.91 Å². The monoisotopic (exact) mass is 1220 g/mol. The molecule has 6 heteroatoms. The number of aliphatic hydroxyl groups is 2. The van der Waals surface area contributed by atoms with Crippen molar-refractivity contribution in [1.29, 1.82) is 0 Å². The van der Waals surface area contributed by atoms with Gasteiger partial charge in [-0.05, 0) is 77.0 Å². The number of carbonyl (C=O) groups excluding carboxylic acids is 2. The van der Waals surface area contributed by atoms with E-state index in [0.29, 0.717) is 25.9 Å². The summed E-state index contributed by atoms with van der Waals surface area (Å²) in [6, 6.07) is -0.541. The van der Waals surface area contributed by atoms with Crippen LogP contribution in [0.25, 0.3) is 0 Å². The summed E-state index contributed by atoms with van der Waals surface area (Å²) >= 11 is 0. The quantitative estimate of drug-likeness (QED) is 0.0320. The van der Waals surface area contributed by atoms with Gasteiger partial charge in [-0.1, -0.05) is 391 Å². The fourth-order valence-corrected chi connectivity index (χ4v) is 12.6. The Bertz CT molecular complexity index is 1410. The minimum absolute atomic E-state index is 0.00620. The van der Waals surface area contributed by atoms with Gasteiger partial charge in [0.25, 0.3) is 0 Å². The summed E-state index contributed by atoms with van der Waals surface area (Å²) in [6.07, 6.45) is 99.6. The lowest BCUT2D eigenvalue weighted by molar-refractivity contribution is -0.143. The first-order valence-corrected chi connectivity index (χ1v) is 39.7. The highest BCUT2D eigenvalue weighted by molar-refractivity contribution is 5.76. The third-order valence-electron chi connectivity index (χ3n) is 18.7. The second-order valence-corrected chi connectivity index (χ2v) is 27.4. The van der Waals surface area contributed by atoms with Crippen LogP contribution in [-0.2, 0) is 14.3 Å². The fraction of sp³-hybridized carbons (Fsp3) is 0.901. The van der Waals surface area contributed by atoms with E-state index in [1.54, 1.807) is 0 Å². The number of hydrogen-bond acceptors (Lipinski definition) is 5. The van der Waals surface area contributed by atoms with Crippen molar-refractivity contribution in [2.45, 2.75) is 456 Å². The van der Waals surface area contributed by atoms with Crippen molar-refractivity contribution < 1.29 is 24.5 Å². The summed E-state index contributed by atoms with van der Waals surface area (Å²) in [5.74, 6) is -0.0210. The molecule has 0 saturated carbocycles. The lowest BCUT2D eigenvalue weighted by Crippen LogP contribution is -2.45. The largest absolute Gasteiger partial charge is 0.466 e. The number of hydrogen-bond donors (Lipinski definition) is 3. The van der Waals surface area contributed by atoms with Crippen LogP contribution in [0.1, 0.15) is 444 Å². The predicted octanol–water partition coefficient (Wildman–Crippen LogP) is 26.2. The standard InChI is InChI=1S/C81H155NO5/c1-3-5-7-9-11-13-15-16-17-18-19-20-21-35-38-41-44-47-50-54-57-61-65-69-73-79(84)78(77-83)82-80(85)74-70-66-62-58-55-51-48-45-42-39-36-33-31-29-27-25-23-22-24-26-28-30-32-34-37-40-43-46-49-52-56-60-64-68-72-76-87-81(86)75-71-67-63-59-53-14-12-10-8-6-4-2/h10,12,24,26,30,32,78-79,83-84H,3-9,11,13-23,25,27-29,31,33-77H2,1-2H3,(H,82,85)/b12-10-,26-24-,32-30-. The maximum atomic E-state index is 12.6. The summed E-state index contributed by atoms with van der Waals surface area (Å²) in [7, 11) is 0. The van der Waals surface area contributed by atoms with Gasteiger partial charge in [0.15, 0.2) is 0 Å². The molecule has 0 aromatic heterocycles. The summed E-state index contributed by atoms with van der Waals surface area (Å²) in [5.41, 5.74) is 0. The number of aliphatic hydroxyl groups excluding tert-OH is 2. The molecule has 0 radical (unpaired) electrons.